The lowest BCUT2D eigenvalue weighted by molar-refractivity contribution is -0.181. The maximum absolute atomic E-state index is 13.6. The molecule has 7 heteroatoms. The highest BCUT2D eigenvalue weighted by molar-refractivity contribution is 6.30. The molecule has 0 bridgehead atoms. The zero-order valence-corrected chi connectivity index (χ0v) is 18.1. The van der Waals surface area contributed by atoms with Gasteiger partial charge in [0.15, 0.2) is 0 Å². The summed E-state index contributed by atoms with van der Waals surface area (Å²) < 4.78 is 0. The Kier molecular flexibility index (Phi) is 5.38. The van der Waals surface area contributed by atoms with E-state index in [0.29, 0.717) is 31.1 Å². The summed E-state index contributed by atoms with van der Waals surface area (Å²) in [6.07, 6.45) is 6.37. The Labute approximate surface area is 182 Å². The summed E-state index contributed by atoms with van der Waals surface area (Å²) in [5, 5.41) is 10.9. The van der Waals surface area contributed by atoms with E-state index < -0.39 is 17.7 Å². The molecule has 1 spiro atoms. The van der Waals surface area contributed by atoms with E-state index in [4.69, 9.17) is 11.6 Å². The number of aliphatic hydroxyl groups excluding tert-OH is 1. The normalized spacial score (nSPS) is 30.0. The highest BCUT2D eigenvalue weighted by Gasteiger charge is 2.64. The number of fused-ring (bicyclic) bond motifs is 2. The molecule has 30 heavy (non-hydrogen) atoms. The number of amides is 2. The van der Waals surface area contributed by atoms with E-state index in [2.05, 4.69) is 4.90 Å². The molecule has 3 saturated heterocycles. The SMILES string of the molecule is O=C1C2CC(O)CN2C2(CN(CC3CCCCC3)C2)C(=O)N1Cc1cccc(Cl)c1. The second-order valence-corrected chi connectivity index (χ2v) is 10.1. The van der Waals surface area contributed by atoms with E-state index in [-0.39, 0.29) is 18.4 Å². The zero-order valence-electron chi connectivity index (χ0n) is 17.3. The van der Waals surface area contributed by atoms with Crippen LogP contribution in [0.25, 0.3) is 0 Å². The quantitative estimate of drug-likeness (QED) is 0.741. The van der Waals surface area contributed by atoms with Crippen LogP contribution in [0.4, 0.5) is 0 Å². The number of hydrogen-bond donors (Lipinski definition) is 1. The van der Waals surface area contributed by atoms with E-state index in [1.165, 1.54) is 37.0 Å². The Balaban J connectivity index is 1.36. The molecular weight excluding hydrogens is 402 g/mol. The molecule has 2 atom stereocenters. The second kappa shape index (κ2) is 7.90. The number of carbonyl (C=O) groups excluding carboxylic acids is 2. The van der Waals surface area contributed by atoms with Crippen molar-refractivity contribution in [1.82, 2.24) is 14.7 Å². The van der Waals surface area contributed by atoms with Crippen molar-refractivity contribution in [1.29, 1.82) is 0 Å². The predicted molar refractivity (Wildman–Crippen MR) is 114 cm³/mol. The molecule has 3 heterocycles. The third-order valence-electron chi connectivity index (χ3n) is 7.46. The first kappa shape index (κ1) is 20.4. The minimum Gasteiger partial charge on any atom is -0.392 e. The van der Waals surface area contributed by atoms with E-state index in [1.54, 1.807) is 12.1 Å². The number of halogens is 1. The van der Waals surface area contributed by atoms with Crippen LogP contribution < -0.4 is 0 Å². The monoisotopic (exact) mass is 431 g/mol. The molecule has 162 valence electrons. The molecule has 1 aromatic carbocycles. The molecule has 1 saturated carbocycles. The fraction of sp³-hybridized carbons (Fsp3) is 0.652. The van der Waals surface area contributed by atoms with Crippen LogP contribution in [0.1, 0.15) is 44.1 Å². The van der Waals surface area contributed by atoms with Gasteiger partial charge >= 0.3 is 0 Å². The summed E-state index contributed by atoms with van der Waals surface area (Å²) in [6.45, 7) is 3.00. The average Bonchev–Trinajstić information content (AvgIpc) is 3.10. The van der Waals surface area contributed by atoms with Gasteiger partial charge in [-0.25, -0.2) is 0 Å². The molecule has 0 aromatic heterocycles. The minimum absolute atomic E-state index is 0.113. The topological polar surface area (TPSA) is 64.1 Å². The van der Waals surface area contributed by atoms with Crippen molar-refractivity contribution in [3.8, 4) is 0 Å². The predicted octanol–water partition coefficient (Wildman–Crippen LogP) is 2.28. The van der Waals surface area contributed by atoms with Gasteiger partial charge in [0.05, 0.1) is 18.7 Å². The molecular formula is C23H30ClN3O3. The molecule has 3 aliphatic heterocycles. The van der Waals surface area contributed by atoms with Crippen LogP contribution in [0.3, 0.4) is 0 Å². The third-order valence-corrected chi connectivity index (χ3v) is 7.70. The standard InChI is InChI=1S/C23H30ClN3O3/c24-18-8-4-7-17(9-18)12-26-21(29)20-10-19(28)13-27(20)23(22(26)30)14-25(15-23)11-16-5-2-1-3-6-16/h4,7-9,16,19-20,28H,1-3,5-6,10-15H2. The molecule has 5 rings (SSSR count). The molecule has 2 unspecified atom stereocenters. The van der Waals surface area contributed by atoms with Gasteiger partial charge in [-0.2, -0.15) is 0 Å². The first-order valence-electron chi connectivity index (χ1n) is 11.2. The number of piperazine rings is 1. The number of nitrogens with zero attached hydrogens (tertiary/aromatic N) is 3. The van der Waals surface area contributed by atoms with Crippen molar-refractivity contribution < 1.29 is 14.7 Å². The Hall–Kier alpha value is -1.47. The smallest absolute Gasteiger partial charge is 0.252 e. The summed E-state index contributed by atoms with van der Waals surface area (Å²) in [4.78, 5) is 32.6. The molecule has 1 aliphatic carbocycles. The number of likely N-dealkylation sites (tertiary alicyclic amines) is 1. The highest BCUT2D eigenvalue weighted by Crippen LogP contribution is 2.41. The number of imide groups is 1. The van der Waals surface area contributed by atoms with Gasteiger partial charge < -0.3 is 5.11 Å². The van der Waals surface area contributed by atoms with Crippen molar-refractivity contribution in [2.75, 3.05) is 26.2 Å². The minimum atomic E-state index is -0.677. The summed E-state index contributed by atoms with van der Waals surface area (Å²) >= 11 is 6.11. The van der Waals surface area contributed by atoms with Gasteiger partial charge in [0.1, 0.15) is 5.54 Å². The van der Waals surface area contributed by atoms with Crippen LogP contribution >= 0.6 is 11.6 Å². The molecule has 0 radical (unpaired) electrons. The first-order valence-corrected chi connectivity index (χ1v) is 11.6. The Morgan fingerprint density at radius 1 is 1.13 bits per heavy atom. The zero-order chi connectivity index (χ0) is 20.9. The molecule has 1 N–H and O–H groups in total. The van der Waals surface area contributed by atoms with Gasteiger partial charge in [-0.3, -0.25) is 24.3 Å². The molecule has 2 amide bonds. The van der Waals surface area contributed by atoms with Crippen molar-refractivity contribution in [2.24, 2.45) is 5.92 Å². The van der Waals surface area contributed by atoms with Crippen molar-refractivity contribution in [3.63, 3.8) is 0 Å². The summed E-state index contributed by atoms with van der Waals surface area (Å²) in [6, 6.07) is 6.92. The van der Waals surface area contributed by atoms with Gasteiger partial charge in [-0.1, -0.05) is 43.0 Å². The maximum Gasteiger partial charge on any atom is 0.252 e. The molecule has 4 fully saturated rings. The third kappa shape index (κ3) is 3.48. The van der Waals surface area contributed by atoms with Gasteiger partial charge in [0.2, 0.25) is 5.91 Å². The van der Waals surface area contributed by atoms with Gasteiger partial charge in [-0.15, -0.1) is 0 Å². The van der Waals surface area contributed by atoms with Gasteiger partial charge in [0, 0.05) is 31.2 Å². The fourth-order valence-electron chi connectivity index (χ4n) is 6.02. The first-order chi connectivity index (χ1) is 14.5. The Bertz CT molecular complexity index is 835. The second-order valence-electron chi connectivity index (χ2n) is 9.62. The Morgan fingerprint density at radius 2 is 1.90 bits per heavy atom. The highest BCUT2D eigenvalue weighted by atomic mass is 35.5. The molecule has 6 nitrogen and oxygen atoms in total. The summed E-state index contributed by atoms with van der Waals surface area (Å²) in [5.74, 6) is 0.421. The van der Waals surface area contributed by atoms with E-state index in [1.807, 2.05) is 17.0 Å². The van der Waals surface area contributed by atoms with Crippen LogP contribution in [-0.4, -0.2) is 75.5 Å². The number of aliphatic hydroxyl groups is 1. The average molecular weight is 432 g/mol. The number of β-amino-alcohol motifs (C(OH)–C–C–N with tert-alkyl or cyclic N) is 1. The van der Waals surface area contributed by atoms with Crippen LogP contribution in [0, 0.1) is 5.92 Å². The maximum atomic E-state index is 13.6. The number of rotatable bonds is 4. The number of benzene rings is 1. The summed E-state index contributed by atoms with van der Waals surface area (Å²) in [5.41, 5.74) is 0.174. The number of carbonyl (C=O) groups is 2. The van der Waals surface area contributed by atoms with Crippen LogP contribution in [0.15, 0.2) is 24.3 Å². The van der Waals surface area contributed by atoms with Gasteiger partial charge in [0.25, 0.3) is 5.91 Å². The van der Waals surface area contributed by atoms with Crippen molar-refractivity contribution in [2.45, 2.75) is 62.8 Å². The van der Waals surface area contributed by atoms with E-state index >= 15 is 0 Å². The number of hydrogen-bond acceptors (Lipinski definition) is 5. The lowest BCUT2D eigenvalue weighted by Gasteiger charge is -2.59. The summed E-state index contributed by atoms with van der Waals surface area (Å²) in [7, 11) is 0. The Morgan fingerprint density at radius 3 is 2.63 bits per heavy atom. The van der Waals surface area contributed by atoms with Gasteiger partial charge in [-0.05, 0) is 42.9 Å². The van der Waals surface area contributed by atoms with Crippen LogP contribution in [0.5, 0.6) is 0 Å². The lowest BCUT2D eigenvalue weighted by Crippen LogP contribution is -2.81. The lowest BCUT2D eigenvalue weighted by atomic mass is 9.80. The largest absolute Gasteiger partial charge is 0.392 e. The van der Waals surface area contributed by atoms with E-state index in [9.17, 15) is 14.7 Å². The van der Waals surface area contributed by atoms with Crippen molar-refractivity contribution >= 4 is 23.4 Å². The van der Waals surface area contributed by atoms with E-state index in [0.717, 1.165) is 18.0 Å². The van der Waals surface area contributed by atoms with Crippen LogP contribution in [0.2, 0.25) is 5.02 Å². The molecule has 1 aromatic rings. The van der Waals surface area contributed by atoms with Crippen LogP contribution in [-0.2, 0) is 16.1 Å². The fourth-order valence-corrected chi connectivity index (χ4v) is 6.23. The van der Waals surface area contributed by atoms with Crippen molar-refractivity contribution in [3.05, 3.63) is 34.9 Å². The molecule has 4 aliphatic rings.